The van der Waals surface area contributed by atoms with E-state index in [1.54, 1.807) is 6.07 Å². The van der Waals surface area contributed by atoms with Gasteiger partial charge in [-0.1, -0.05) is 13.8 Å². The van der Waals surface area contributed by atoms with E-state index in [1.807, 2.05) is 4.90 Å². The maximum atomic E-state index is 12.7. The Morgan fingerprint density at radius 2 is 2.04 bits per heavy atom. The quantitative estimate of drug-likeness (QED) is 0.876. The smallest absolute Gasteiger partial charge is 0.264 e. The summed E-state index contributed by atoms with van der Waals surface area (Å²) in [6.07, 6.45) is 0.683. The molecule has 0 saturated carbocycles. The second-order valence-electron chi connectivity index (χ2n) is 6.58. The molecule has 0 spiro atoms. The molecule has 1 aromatic heterocycles. The van der Waals surface area contributed by atoms with Gasteiger partial charge in [0.25, 0.3) is 11.5 Å². The summed E-state index contributed by atoms with van der Waals surface area (Å²) < 4.78 is 5.71. The third-order valence-corrected chi connectivity index (χ3v) is 4.82. The van der Waals surface area contributed by atoms with Gasteiger partial charge in [0.2, 0.25) is 0 Å². The van der Waals surface area contributed by atoms with E-state index >= 15 is 0 Å². The lowest BCUT2D eigenvalue weighted by molar-refractivity contribution is -0.143. The van der Waals surface area contributed by atoms with Gasteiger partial charge in [-0.25, -0.2) is 5.10 Å². The van der Waals surface area contributed by atoms with Crippen molar-refractivity contribution in [3.05, 3.63) is 22.5 Å². The zero-order valence-electron chi connectivity index (χ0n) is 13.7. The molecule has 0 aliphatic carbocycles. The van der Waals surface area contributed by atoms with Gasteiger partial charge in [-0.05, 0) is 24.3 Å². The van der Waals surface area contributed by atoms with Crippen LogP contribution in [0, 0.1) is 11.8 Å². The van der Waals surface area contributed by atoms with E-state index in [2.05, 4.69) is 28.9 Å². The summed E-state index contributed by atoms with van der Waals surface area (Å²) in [6.45, 7) is 7.72. The summed E-state index contributed by atoms with van der Waals surface area (Å²) in [6, 6.07) is 3.19. The summed E-state index contributed by atoms with van der Waals surface area (Å²) in [5, 5.41) is 6.49. The molecule has 7 heteroatoms. The molecule has 0 unspecified atom stereocenters. The Morgan fingerprint density at radius 1 is 1.30 bits per heavy atom. The first-order valence-electron chi connectivity index (χ1n) is 8.27. The SMILES string of the molecule is CC(C)[C@H]1CCO[C@H]1C(=O)N1CCN(c2ccc(=O)[nH]n2)CC1. The van der Waals surface area contributed by atoms with E-state index in [1.165, 1.54) is 6.07 Å². The molecule has 3 rings (SSSR count). The van der Waals surface area contributed by atoms with Crippen molar-refractivity contribution in [3.8, 4) is 0 Å². The van der Waals surface area contributed by atoms with Crippen LogP contribution >= 0.6 is 0 Å². The zero-order valence-corrected chi connectivity index (χ0v) is 13.7. The molecule has 2 aliphatic rings. The molecule has 1 amide bonds. The molecule has 126 valence electrons. The van der Waals surface area contributed by atoms with E-state index in [0.717, 1.165) is 12.2 Å². The normalized spacial score (nSPS) is 25.2. The van der Waals surface area contributed by atoms with Crippen LogP contribution in [0.4, 0.5) is 5.82 Å². The fraction of sp³-hybridized carbons (Fsp3) is 0.688. The highest BCUT2D eigenvalue weighted by Crippen LogP contribution is 2.29. The minimum atomic E-state index is -0.284. The Hall–Kier alpha value is -1.89. The predicted molar refractivity (Wildman–Crippen MR) is 86.3 cm³/mol. The van der Waals surface area contributed by atoms with Crippen molar-refractivity contribution >= 4 is 11.7 Å². The number of H-pyrrole nitrogens is 1. The lowest BCUT2D eigenvalue weighted by Gasteiger charge is -2.37. The molecule has 3 heterocycles. The van der Waals surface area contributed by atoms with Crippen LogP contribution in [0.2, 0.25) is 0 Å². The van der Waals surface area contributed by atoms with Gasteiger partial charge in [-0.2, -0.15) is 5.10 Å². The number of nitrogens with zero attached hydrogens (tertiary/aromatic N) is 3. The third-order valence-electron chi connectivity index (χ3n) is 4.82. The van der Waals surface area contributed by atoms with E-state index < -0.39 is 0 Å². The van der Waals surface area contributed by atoms with Crippen molar-refractivity contribution in [3.63, 3.8) is 0 Å². The summed E-state index contributed by atoms with van der Waals surface area (Å²) in [5.74, 6) is 1.64. The van der Waals surface area contributed by atoms with Gasteiger partial charge >= 0.3 is 0 Å². The summed E-state index contributed by atoms with van der Waals surface area (Å²) >= 11 is 0. The number of aromatic nitrogens is 2. The van der Waals surface area contributed by atoms with Crippen LogP contribution in [0.3, 0.4) is 0 Å². The number of amides is 1. The molecule has 1 aromatic rings. The van der Waals surface area contributed by atoms with E-state index in [4.69, 9.17) is 4.74 Å². The van der Waals surface area contributed by atoms with E-state index in [0.29, 0.717) is 44.6 Å². The molecule has 0 radical (unpaired) electrons. The van der Waals surface area contributed by atoms with Crippen molar-refractivity contribution in [1.29, 1.82) is 0 Å². The molecule has 0 aromatic carbocycles. The topological polar surface area (TPSA) is 78.5 Å². The number of hydrogen-bond donors (Lipinski definition) is 1. The van der Waals surface area contributed by atoms with Crippen molar-refractivity contribution < 1.29 is 9.53 Å². The minimum Gasteiger partial charge on any atom is -0.368 e. The molecule has 7 nitrogen and oxygen atoms in total. The van der Waals surface area contributed by atoms with E-state index in [-0.39, 0.29) is 17.6 Å². The molecule has 2 aliphatic heterocycles. The van der Waals surface area contributed by atoms with Crippen molar-refractivity contribution in [1.82, 2.24) is 15.1 Å². The standard InChI is InChI=1S/C16H24N4O3/c1-11(2)12-5-10-23-15(12)16(22)20-8-6-19(7-9-20)13-3-4-14(21)18-17-13/h3-4,11-12,15H,5-10H2,1-2H3,(H,18,21)/t12-,15-/m1/s1. The molecule has 1 N–H and O–H groups in total. The number of ether oxygens (including phenoxy) is 1. The summed E-state index contributed by atoms with van der Waals surface area (Å²) in [5.41, 5.74) is -0.208. The monoisotopic (exact) mass is 320 g/mol. The van der Waals surface area contributed by atoms with Gasteiger partial charge in [-0.15, -0.1) is 0 Å². The number of carbonyl (C=O) groups excluding carboxylic acids is 1. The maximum Gasteiger partial charge on any atom is 0.264 e. The van der Waals surface area contributed by atoms with E-state index in [9.17, 15) is 9.59 Å². The molecular weight excluding hydrogens is 296 g/mol. The Kier molecular flexibility index (Phi) is 4.66. The molecule has 2 fully saturated rings. The summed E-state index contributed by atoms with van der Waals surface area (Å²) in [4.78, 5) is 27.8. The van der Waals surface area contributed by atoms with Crippen molar-refractivity contribution in [2.45, 2.75) is 26.4 Å². The zero-order chi connectivity index (χ0) is 16.4. The van der Waals surface area contributed by atoms with Crippen molar-refractivity contribution in [2.24, 2.45) is 11.8 Å². The first kappa shape index (κ1) is 16.0. The lowest BCUT2D eigenvalue weighted by atomic mass is 9.89. The average Bonchev–Trinajstić information content (AvgIpc) is 3.05. The number of carbonyl (C=O) groups is 1. The second kappa shape index (κ2) is 6.70. The van der Waals surface area contributed by atoms with Crippen LogP contribution in [0.25, 0.3) is 0 Å². The van der Waals surface area contributed by atoms with Crippen LogP contribution < -0.4 is 10.5 Å². The number of rotatable bonds is 3. The predicted octanol–water partition coefficient (Wildman–Crippen LogP) is 0.480. The highest BCUT2D eigenvalue weighted by atomic mass is 16.5. The van der Waals surface area contributed by atoms with Crippen LogP contribution in [-0.2, 0) is 9.53 Å². The highest BCUT2D eigenvalue weighted by Gasteiger charge is 2.39. The fourth-order valence-corrected chi connectivity index (χ4v) is 3.39. The number of anilines is 1. The average molecular weight is 320 g/mol. The second-order valence-corrected chi connectivity index (χ2v) is 6.58. The molecule has 2 atom stereocenters. The Morgan fingerprint density at radius 3 is 2.65 bits per heavy atom. The number of aromatic amines is 1. The van der Waals surface area contributed by atoms with Crippen LogP contribution in [0.1, 0.15) is 20.3 Å². The van der Waals surface area contributed by atoms with Crippen LogP contribution in [0.15, 0.2) is 16.9 Å². The lowest BCUT2D eigenvalue weighted by Crippen LogP contribution is -2.53. The van der Waals surface area contributed by atoms with Gasteiger partial charge in [-0.3, -0.25) is 9.59 Å². The van der Waals surface area contributed by atoms with Crippen LogP contribution in [-0.4, -0.2) is 59.9 Å². The first-order chi connectivity index (χ1) is 11.1. The molecule has 23 heavy (non-hydrogen) atoms. The first-order valence-corrected chi connectivity index (χ1v) is 8.27. The molecule has 0 bridgehead atoms. The number of piperazine rings is 1. The van der Waals surface area contributed by atoms with Gasteiger partial charge in [0.05, 0.1) is 0 Å². The summed E-state index contributed by atoms with van der Waals surface area (Å²) in [7, 11) is 0. The Balaban J connectivity index is 1.59. The number of nitrogens with one attached hydrogen (secondary N) is 1. The maximum absolute atomic E-state index is 12.7. The van der Waals surface area contributed by atoms with Gasteiger partial charge in [0.15, 0.2) is 0 Å². The third kappa shape index (κ3) is 3.39. The van der Waals surface area contributed by atoms with Gasteiger partial charge in [0.1, 0.15) is 11.9 Å². The number of hydrogen-bond acceptors (Lipinski definition) is 5. The molecule has 2 saturated heterocycles. The highest BCUT2D eigenvalue weighted by molar-refractivity contribution is 5.82. The van der Waals surface area contributed by atoms with Crippen LogP contribution in [0.5, 0.6) is 0 Å². The van der Waals surface area contributed by atoms with Crippen molar-refractivity contribution in [2.75, 3.05) is 37.7 Å². The molecular formula is C16H24N4O3. The Labute approximate surface area is 135 Å². The largest absolute Gasteiger partial charge is 0.368 e. The Bertz CT molecular complexity index is 587. The van der Waals surface area contributed by atoms with Gasteiger partial charge in [0, 0.05) is 38.9 Å². The fourth-order valence-electron chi connectivity index (χ4n) is 3.39. The van der Waals surface area contributed by atoms with Gasteiger partial charge < -0.3 is 14.5 Å². The minimum absolute atomic E-state index is 0.121.